The van der Waals surface area contributed by atoms with Gasteiger partial charge in [0, 0.05) is 30.8 Å². The molecule has 122 valence electrons. The summed E-state index contributed by atoms with van der Waals surface area (Å²) >= 11 is 3.22. The van der Waals surface area contributed by atoms with Crippen molar-refractivity contribution in [2.45, 2.75) is 32.3 Å². The number of piperidine rings is 1. The highest BCUT2D eigenvalue weighted by molar-refractivity contribution is 9.10. The van der Waals surface area contributed by atoms with Crippen LogP contribution in [-0.4, -0.2) is 39.0 Å². The number of aliphatic hydroxyl groups excluding tert-OH is 1. The molecular formula is C16H18BrN3O3. The maximum absolute atomic E-state index is 12.5. The van der Waals surface area contributed by atoms with Gasteiger partial charge in [-0.1, -0.05) is 0 Å². The Labute approximate surface area is 142 Å². The van der Waals surface area contributed by atoms with Crippen LogP contribution in [0.25, 0.3) is 0 Å². The molecule has 6 nitrogen and oxygen atoms in total. The van der Waals surface area contributed by atoms with Crippen molar-refractivity contribution in [3.8, 4) is 0 Å². The molecule has 3 heterocycles. The first-order chi connectivity index (χ1) is 11.1. The van der Waals surface area contributed by atoms with E-state index in [1.807, 2.05) is 6.92 Å². The Morgan fingerprint density at radius 2 is 2.35 bits per heavy atom. The highest BCUT2D eigenvalue weighted by atomic mass is 79.9. The molecule has 1 amide bonds. The first kappa shape index (κ1) is 16.1. The van der Waals surface area contributed by atoms with Crippen LogP contribution in [0.3, 0.4) is 0 Å². The number of nitrogens with zero attached hydrogens (tertiary/aromatic N) is 3. The summed E-state index contributed by atoms with van der Waals surface area (Å²) in [4.78, 5) is 23.0. The lowest BCUT2D eigenvalue weighted by molar-refractivity contribution is 0.0671. The largest absolute Gasteiger partial charge is 0.444 e. The molecule has 1 atom stereocenters. The van der Waals surface area contributed by atoms with E-state index in [1.165, 1.54) is 0 Å². The zero-order chi connectivity index (χ0) is 16.4. The Kier molecular flexibility index (Phi) is 4.77. The van der Waals surface area contributed by atoms with E-state index >= 15 is 0 Å². The van der Waals surface area contributed by atoms with Gasteiger partial charge in [0.05, 0.1) is 12.3 Å². The molecule has 0 aromatic carbocycles. The normalized spacial score (nSPS) is 18.2. The number of rotatable bonds is 3. The second-order valence-corrected chi connectivity index (χ2v) is 6.46. The summed E-state index contributed by atoms with van der Waals surface area (Å²) in [7, 11) is 0. The van der Waals surface area contributed by atoms with Crippen LogP contribution in [0.15, 0.2) is 27.4 Å². The van der Waals surface area contributed by atoms with Gasteiger partial charge in [0.1, 0.15) is 5.82 Å². The lowest BCUT2D eigenvalue weighted by Crippen LogP contribution is -2.39. The van der Waals surface area contributed by atoms with Crippen molar-refractivity contribution in [3.05, 3.63) is 45.8 Å². The Balaban J connectivity index is 1.81. The number of amides is 1. The van der Waals surface area contributed by atoms with Gasteiger partial charge in [0.25, 0.3) is 5.91 Å². The molecule has 0 bridgehead atoms. The monoisotopic (exact) mass is 379 g/mol. The Morgan fingerprint density at radius 3 is 3.04 bits per heavy atom. The molecule has 0 aliphatic carbocycles. The SMILES string of the molecule is Cc1ncc(CO)c(C2CCCN(C(=O)c3ccc(Br)o3)C2)n1. The van der Waals surface area contributed by atoms with Crippen molar-refractivity contribution in [3.63, 3.8) is 0 Å². The molecule has 0 radical (unpaired) electrons. The van der Waals surface area contributed by atoms with E-state index in [0.717, 1.165) is 24.1 Å². The lowest BCUT2D eigenvalue weighted by Gasteiger charge is -2.32. The molecule has 0 spiro atoms. The van der Waals surface area contributed by atoms with Gasteiger partial charge in [-0.3, -0.25) is 4.79 Å². The average Bonchev–Trinajstić information content (AvgIpc) is 3.00. The zero-order valence-corrected chi connectivity index (χ0v) is 14.4. The molecule has 23 heavy (non-hydrogen) atoms. The Bertz CT molecular complexity index is 716. The number of carbonyl (C=O) groups is 1. The van der Waals surface area contributed by atoms with E-state index in [-0.39, 0.29) is 18.4 Å². The summed E-state index contributed by atoms with van der Waals surface area (Å²) < 4.78 is 5.91. The van der Waals surface area contributed by atoms with Crippen LogP contribution >= 0.6 is 15.9 Å². The molecule has 1 unspecified atom stereocenters. The van der Waals surface area contributed by atoms with Crippen molar-refractivity contribution in [1.82, 2.24) is 14.9 Å². The number of halogens is 1. The number of aliphatic hydroxyl groups is 1. The molecule has 2 aromatic heterocycles. The van der Waals surface area contributed by atoms with Crippen LogP contribution in [-0.2, 0) is 6.61 Å². The van der Waals surface area contributed by atoms with Gasteiger partial charge >= 0.3 is 0 Å². The fraction of sp³-hybridized carbons (Fsp3) is 0.438. The predicted molar refractivity (Wildman–Crippen MR) is 87.0 cm³/mol. The minimum absolute atomic E-state index is 0.0921. The Morgan fingerprint density at radius 1 is 1.52 bits per heavy atom. The van der Waals surface area contributed by atoms with Crippen molar-refractivity contribution in [2.24, 2.45) is 0 Å². The zero-order valence-electron chi connectivity index (χ0n) is 12.8. The molecule has 2 aromatic rings. The average molecular weight is 380 g/mol. The number of carbonyl (C=O) groups excluding carboxylic acids is 1. The maximum Gasteiger partial charge on any atom is 0.289 e. The number of hydrogen-bond donors (Lipinski definition) is 1. The first-order valence-electron chi connectivity index (χ1n) is 7.56. The molecule has 0 saturated carbocycles. The topological polar surface area (TPSA) is 79.5 Å². The third-order valence-corrected chi connectivity index (χ3v) is 4.49. The molecule has 1 N–H and O–H groups in total. The van der Waals surface area contributed by atoms with Crippen LogP contribution < -0.4 is 0 Å². The van der Waals surface area contributed by atoms with Crippen LogP contribution in [0.4, 0.5) is 0 Å². The molecule has 1 saturated heterocycles. The van der Waals surface area contributed by atoms with E-state index in [1.54, 1.807) is 23.2 Å². The standard InChI is InChI=1S/C16H18BrN3O3/c1-10-18-7-12(9-21)15(19-10)11-3-2-6-20(8-11)16(22)13-4-5-14(17)23-13/h4-5,7,11,21H,2-3,6,8-9H2,1H3. The number of likely N-dealkylation sites (tertiary alicyclic amines) is 1. The molecule has 1 aliphatic rings. The van der Waals surface area contributed by atoms with Crippen molar-refractivity contribution in [2.75, 3.05) is 13.1 Å². The number of furan rings is 1. The summed E-state index contributed by atoms with van der Waals surface area (Å²) in [6.07, 6.45) is 3.50. The van der Waals surface area contributed by atoms with E-state index in [4.69, 9.17) is 4.42 Å². The second-order valence-electron chi connectivity index (χ2n) is 5.68. The Hall–Kier alpha value is -1.73. The summed E-state index contributed by atoms with van der Waals surface area (Å²) in [6.45, 7) is 3.01. The maximum atomic E-state index is 12.5. The van der Waals surface area contributed by atoms with Gasteiger partial charge in [-0.25, -0.2) is 9.97 Å². The minimum Gasteiger partial charge on any atom is -0.444 e. The van der Waals surface area contributed by atoms with Crippen molar-refractivity contribution in [1.29, 1.82) is 0 Å². The fourth-order valence-corrected chi connectivity index (χ4v) is 3.26. The van der Waals surface area contributed by atoms with Gasteiger partial charge in [-0.2, -0.15) is 0 Å². The quantitative estimate of drug-likeness (QED) is 0.886. The van der Waals surface area contributed by atoms with Crippen molar-refractivity contribution >= 4 is 21.8 Å². The predicted octanol–water partition coefficient (Wildman–Crippen LogP) is 2.65. The van der Waals surface area contributed by atoms with Crippen LogP contribution in [0.1, 0.15) is 46.4 Å². The van der Waals surface area contributed by atoms with Crippen LogP contribution in [0, 0.1) is 6.92 Å². The first-order valence-corrected chi connectivity index (χ1v) is 8.35. The van der Waals surface area contributed by atoms with Gasteiger partial charge in [0.2, 0.25) is 0 Å². The minimum atomic E-state index is -0.114. The van der Waals surface area contributed by atoms with Crippen molar-refractivity contribution < 1.29 is 14.3 Å². The van der Waals surface area contributed by atoms with E-state index in [2.05, 4.69) is 25.9 Å². The molecule has 3 rings (SSSR count). The summed E-state index contributed by atoms with van der Waals surface area (Å²) in [5.41, 5.74) is 1.58. The van der Waals surface area contributed by atoms with E-state index in [0.29, 0.717) is 29.3 Å². The smallest absolute Gasteiger partial charge is 0.289 e. The molecular weight excluding hydrogens is 362 g/mol. The fourth-order valence-electron chi connectivity index (χ4n) is 2.96. The van der Waals surface area contributed by atoms with Gasteiger partial charge in [-0.05, 0) is 47.8 Å². The summed E-state index contributed by atoms with van der Waals surface area (Å²) in [6, 6.07) is 3.39. The lowest BCUT2D eigenvalue weighted by atomic mass is 9.92. The molecule has 7 heteroatoms. The van der Waals surface area contributed by atoms with Gasteiger partial charge < -0.3 is 14.4 Å². The van der Waals surface area contributed by atoms with Gasteiger partial charge in [-0.15, -0.1) is 0 Å². The van der Waals surface area contributed by atoms with Gasteiger partial charge in [0.15, 0.2) is 10.4 Å². The summed E-state index contributed by atoms with van der Waals surface area (Å²) in [5.74, 6) is 1.00. The number of aryl methyl sites for hydroxylation is 1. The highest BCUT2D eigenvalue weighted by Gasteiger charge is 2.29. The number of hydrogen-bond acceptors (Lipinski definition) is 5. The molecule has 1 aliphatic heterocycles. The highest BCUT2D eigenvalue weighted by Crippen LogP contribution is 2.29. The van der Waals surface area contributed by atoms with E-state index in [9.17, 15) is 9.90 Å². The molecule has 1 fully saturated rings. The van der Waals surface area contributed by atoms with Crippen LogP contribution in [0.5, 0.6) is 0 Å². The third-order valence-electron chi connectivity index (χ3n) is 4.07. The summed E-state index contributed by atoms with van der Waals surface area (Å²) in [5, 5.41) is 9.52. The number of aromatic nitrogens is 2. The van der Waals surface area contributed by atoms with Crippen LogP contribution in [0.2, 0.25) is 0 Å². The van der Waals surface area contributed by atoms with E-state index < -0.39 is 0 Å². The second kappa shape index (κ2) is 6.80. The third kappa shape index (κ3) is 3.45.